The van der Waals surface area contributed by atoms with Gasteiger partial charge in [0.25, 0.3) is 0 Å². The largest absolute Gasteiger partial charge is 0.417 e. The van der Waals surface area contributed by atoms with Gasteiger partial charge in [-0.1, -0.05) is 6.92 Å². The van der Waals surface area contributed by atoms with Crippen LogP contribution in [0.4, 0.5) is 13.2 Å². The third-order valence-electron chi connectivity index (χ3n) is 2.59. The standard InChI is InChI=1S/C11H11F3N2O/c1-2-9(17)8-5-15-10-4-3-7(6-16(8)10)11(12,13)14/h3-6,9,17H,2H2,1H3. The van der Waals surface area contributed by atoms with Crippen molar-refractivity contribution < 1.29 is 18.3 Å². The lowest BCUT2D eigenvalue weighted by atomic mass is 10.2. The molecular formula is C11H11F3N2O. The second kappa shape index (κ2) is 4.03. The van der Waals surface area contributed by atoms with E-state index < -0.39 is 17.8 Å². The first kappa shape index (κ1) is 11.9. The molecule has 2 aromatic rings. The number of pyridine rings is 1. The van der Waals surface area contributed by atoms with Gasteiger partial charge in [-0.25, -0.2) is 4.98 Å². The van der Waals surface area contributed by atoms with Crippen LogP contribution in [0.2, 0.25) is 0 Å². The van der Waals surface area contributed by atoms with Crippen LogP contribution in [0, 0.1) is 0 Å². The van der Waals surface area contributed by atoms with Crippen LogP contribution in [0.15, 0.2) is 24.5 Å². The molecule has 0 spiro atoms. The number of fused-ring (bicyclic) bond motifs is 1. The van der Waals surface area contributed by atoms with Crippen molar-refractivity contribution in [3.8, 4) is 0 Å². The van der Waals surface area contributed by atoms with E-state index in [0.717, 1.165) is 12.3 Å². The lowest BCUT2D eigenvalue weighted by Crippen LogP contribution is -2.08. The van der Waals surface area contributed by atoms with Crippen molar-refractivity contribution in [2.75, 3.05) is 0 Å². The molecule has 0 amide bonds. The van der Waals surface area contributed by atoms with Crippen molar-refractivity contribution in [2.24, 2.45) is 0 Å². The molecule has 0 radical (unpaired) electrons. The molecule has 0 aliphatic carbocycles. The molecule has 1 atom stereocenters. The third kappa shape index (κ3) is 2.12. The van der Waals surface area contributed by atoms with Crippen LogP contribution < -0.4 is 0 Å². The summed E-state index contributed by atoms with van der Waals surface area (Å²) in [6.07, 6.45) is -2.44. The predicted molar refractivity (Wildman–Crippen MR) is 55.4 cm³/mol. The van der Waals surface area contributed by atoms with Gasteiger partial charge < -0.3 is 9.51 Å². The maximum absolute atomic E-state index is 12.5. The summed E-state index contributed by atoms with van der Waals surface area (Å²) in [5.41, 5.74) is 0.00153. The highest BCUT2D eigenvalue weighted by atomic mass is 19.4. The van der Waals surface area contributed by atoms with E-state index in [1.54, 1.807) is 6.92 Å². The Hall–Kier alpha value is -1.56. The molecule has 2 aromatic heterocycles. The average Bonchev–Trinajstić information content (AvgIpc) is 2.69. The highest BCUT2D eigenvalue weighted by Gasteiger charge is 2.31. The Bertz CT molecular complexity index is 533. The van der Waals surface area contributed by atoms with Gasteiger partial charge in [-0.2, -0.15) is 13.2 Å². The van der Waals surface area contributed by atoms with Crippen LogP contribution in [0.25, 0.3) is 5.65 Å². The Morgan fingerprint density at radius 1 is 1.41 bits per heavy atom. The Labute approximate surface area is 95.5 Å². The number of halogens is 3. The lowest BCUT2D eigenvalue weighted by Gasteiger charge is -2.10. The van der Waals surface area contributed by atoms with Crippen LogP contribution in [0.3, 0.4) is 0 Å². The van der Waals surface area contributed by atoms with E-state index in [-0.39, 0.29) is 0 Å². The first-order valence-corrected chi connectivity index (χ1v) is 5.15. The van der Waals surface area contributed by atoms with E-state index in [4.69, 9.17) is 0 Å². The molecule has 17 heavy (non-hydrogen) atoms. The van der Waals surface area contributed by atoms with Crippen LogP contribution in [-0.2, 0) is 6.18 Å². The quantitative estimate of drug-likeness (QED) is 0.882. The Kier molecular flexibility index (Phi) is 2.82. The minimum atomic E-state index is -4.40. The highest BCUT2D eigenvalue weighted by molar-refractivity contribution is 5.42. The Balaban J connectivity index is 2.58. The van der Waals surface area contributed by atoms with Crippen LogP contribution >= 0.6 is 0 Å². The van der Waals surface area contributed by atoms with E-state index in [0.29, 0.717) is 17.8 Å². The molecule has 1 N–H and O–H groups in total. The number of hydrogen-bond acceptors (Lipinski definition) is 2. The molecule has 6 heteroatoms. The molecule has 2 heterocycles. The zero-order valence-electron chi connectivity index (χ0n) is 9.07. The summed E-state index contributed by atoms with van der Waals surface area (Å²) in [6.45, 7) is 1.75. The molecule has 0 fully saturated rings. The summed E-state index contributed by atoms with van der Waals surface area (Å²) in [5, 5.41) is 9.67. The topological polar surface area (TPSA) is 37.5 Å². The van der Waals surface area contributed by atoms with Crippen LogP contribution in [-0.4, -0.2) is 14.5 Å². The molecule has 0 bridgehead atoms. The third-order valence-corrected chi connectivity index (χ3v) is 2.59. The second-order valence-corrected chi connectivity index (χ2v) is 3.75. The average molecular weight is 244 g/mol. The fourth-order valence-corrected chi connectivity index (χ4v) is 1.62. The van der Waals surface area contributed by atoms with Gasteiger partial charge in [0.2, 0.25) is 0 Å². The minimum Gasteiger partial charge on any atom is -0.387 e. The molecule has 0 saturated carbocycles. The van der Waals surface area contributed by atoms with Gasteiger partial charge in [0.05, 0.1) is 23.6 Å². The summed E-state index contributed by atoms with van der Waals surface area (Å²) in [4.78, 5) is 3.95. The smallest absolute Gasteiger partial charge is 0.387 e. The molecular weight excluding hydrogens is 233 g/mol. The Morgan fingerprint density at radius 3 is 2.71 bits per heavy atom. The van der Waals surface area contributed by atoms with Crippen molar-refractivity contribution in [1.29, 1.82) is 0 Å². The van der Waals surface area contributed by atoms with E-state index >= 15 is 0 Å². The van der Waals surface area contributed by atoms with Gasteiger partial charge in [0, 0.05) is 6.20 Å². The van der Waals surface area contributed by atoms with Gasteiger partial charge in [-0.3, -0.25) is 0 Å². The zero-order valence-corrected chi connectivity index (χ0v) is 9.07. The van der Waals surface area contributed by atoms with E-state index in [2.05, 4.69) is 4.98 Å². The van der Waals surface area contributed by atoms with Gasteiger partial charge >= 0.3 is 6.18 Å². The molecule has 0 aromatic carbocycles. The molecule has 0 aliphatic heterocycles. The molecule has 3 nitrogen and oxygen atoms in total. The number of aliphatic hydroxyl groups is 1. The maximum atomic E-state index is 12.5. The number of hydrogen-bond donors (Lipinski definition) is 1. The highest BCUT2D eigenvalue weighted by Crippen LogP contribution is 2.30. The summed E-state index contributed by atoms with van der Waals surface area (Å²) in [5.74, 6) is 0. The predicted octanol–water partition coefficient (Wildman–Crippen LogP) is 2.80. The SMILES string of the molecule is CCC(O)c1cnc2ccc(C(F)(F)F)cn12. The van der Waals surface area contributed by atoms with Gasteiger partial charge in [-0.15, -0.1) is 0 Å². The number of nitrogens with zero attached hydrogens (tertiary/aromatic N) is 2. The Morgan fingerprint density at radius 2 is 2.12 bits per heavy atom. The van der Waals surface area contributed by atoms with Crippen molar-refractivity contribution in [1.82, 2.24) is 9.38 Å². The fraction of sp³-hybridized carbons (Fsp3) is 0.364. The van der Waals surface area contributed by atoms with Crippen molar-refractivity contribution in [3.05, 3.63) is 35.8 Å². The zero-order chi connectivity index (χ0) is 12.6. The van der Waals surface area contributed by atoms with Crippen molar-refractivity contribution in [2.45, 2.75) is 25.6 Å². The van der Waals surface area contributed by atoms with Crippen molar-refractivity contribution in [3.63, 3.8) is 0 Å². The number of aliphatic hydroxyl groups excluding tert-OH is 1. The van der Waals surface area contributed by atoms with E-state index in [1.807, 2.05) is 0 Å². The first-order chi connectivity index (χ1) is 7.93. The number of imidazole rings is 1. The number of rotatable bonds is 2. The summed E-state index contributed by atoms with van der Waals surface area (Å²) in [6, 6.07) is 2.26. The summed E-state index contributed by atoms with van der Waals surface area (Å²) in [7, 11) is 0. The van der Waals surface area contributed by atoms with Gasteiger partial charge in [0.1, 0.15) is 5.65 Å². The minimum absolute atomic E-state index is 0.369. The molecule has 0 aliphatic rings. The second-order valence-electron chi connectivity index (χ2n) is 3.75. The monoisotopic (exact) mass is 244 g/mol. The molecule has 2 rings (SSSR count). The number of alkyl halides is 3. The molecule has 1 unspecified atom stereocenters. The normalized spacial score (nSPS) is 14.2. The molecule has 0 saturated heterocycles. The lowest BCUT2D eigenvalue weighted by molar-refractivity contribution is -0.137. The first-order valence-electron chi connectivity index (χ1n) is 5.15. The van der Waals surface area contributed by atoms with Gasteiger partial charge in [-0.05, 0) is 18.6 Å². The number of aromatic nitrogens is 2. The van der Waals surface area contributed by atoms with E-state index in [9.17, 15) is 18.3 Å². The molecule has 92 valence electrons. The summed E-state index contributed by atoms with van der Waals surface area (Å²) >= 11 is 0. The summed E-state index contributed by atoms with van der Waals surface area (Å²) < 4.78 is 38.9. The fourth-order valence-electron chi connectivity index (χ4n) is 1.62. The van der Waals surface area contributed by atoms with Gasteiger partial charge in [0.15, 0.2) is 0 Å². The van der Waals surface area contributed by atoms with Crippen LogP contribution in [0.5, 0.6) is 0 Å². The van der Waals surface area contributed by atoms with E-state index in [1.165, 1.54) is 16.7 Å². The van der Waals surface area contributed by atoms with Crippen molar-refractivity contribution >= 4 is 5.65 Å². The van der Waals surface area contributed by atoms with Crippen LogP contribution in [0.1, 0.15) is 30.7 Å². The maximum Gasteiger partial charge on any atom is 0.417 e.